The Morgan fingerprint density at radius 1 is 1.00 bits per heavy atom. The van der Waals surface area contributed by atoms with Gasteiger partial charge in [-0.15, -0.1) is 5.10 Å². The van der Waals surface area contributed by atoms with Crippen LogP contribution in [0.3, 0.4) is 0 Å². The average molecular weight is 362 g/mol. The molecule has 0 bridgehead atoms. The monoisotopic (exact) mass is 362 g/mol. The quantitative estimate of drug-likeness (QED) is 0.729. The topological polar surface area (TPSA) is 75.9 Å². The zero-order chi connectivity index (χ0) is 18.5. The summed E-state index contributed by atoms with van der Waals surface area (Å²) >= 11 is 0. The number of nitrogens with zero attached hydrogens (tertiary/aromatic N) is 5. The van der Waals surface area contributed by atoms with Crippen LogP contribution in [0, 0.1) is 0 Å². The fraction of sp³-hybridized carbons (Fsp3) is 0.300. The van der Waals surface area contributed by atoms with Crippen LogP contribution in [0.4, 0.5) is 5.69 Å². The van der Waals surface area contributed by atoms with E-state index in [4.69, 9.17) is 0 Å². The van der Waals surface area contributed by atoms with E-state index in [1.807, 2.05) is 36.4 Å². The van der Waals surface area contributed by atoms with Crippen molar-refractivity contribution in [3.63, 3.8) is 0 Å². The van der Waals surface area contributed by atoms with Crippen LogP contribution in [0.1, 0.15) is 34.3 Å². The summed E-state index contributed by atoms with van der Waals surface area (Å²) in [4.78, 5) is 15.0. The third kappa shape index (κ3) is 4.57. The molecule has 3 aromatic rings. The zero-order valence-electron chi connectivity index (χ0n) is 15.1. The standard InChI is InChI=1S/C20H22N6O/c27-20(18-8-6-16(7-9-18)14-26-15-21-23-24-26)22-19-5-3-4-17(12-19)13-25-10-1-2-11-25/h3-9,12,15H,1-2,10-11,13-14H2,(H,22,27). The molecule has 0 saturated carbocycles. The predicted octanol–water partition coefficient (Wildman–Crippen LogP) is 2.57. The van der Waals surface area contributed by atoms with Crippen LogP contribution in [0.25, 0.3) is 0 Å². The van der Waals surface area contributed by atoms with Crippen molar-refractivity contribution in [1.82, 2.24) is 25.1 Å². The maximum Gasteiger partial charge on any atom is 0.255 e. The molecule has 0 aliphatic carbocycles. The minimum atomic E-state index is -0.109. The molecule has 4 rings (SSSR count). The van der Waals surface area contributed by atoms with E-state index in [1.165, 1.54) is 18.4 Å². The Hall–Kier alpha value is -3.06. The van der Waals surface area contributed by atoms with Crippen molar-refractivity contribution in [1.29, 1.82) is 0 Å². The number of rotatable bonds is 6. The van der Waals surface area contributed by atoms with Crippen LogP contribution in [0.15, 0.2) is 54.9 Å². The Morgan fingerprint density at radius 2 is 1.81 bits per heavy atom. The van der Waals surface area contributed by atoms with Crippen molar-refractivity contribution < 1.29 is 4.79 Å². The molecule has 138 valence electrons. The summed E-state index contributed by atoms with van der Waals surface area (Å²) in [5.74, 6) is -0.109. The molecule has 1 aliphatic heterocycles. The number of nitrogens with one attached hydrogen (secondary N) is 1. The lowest BCUT2D eigenvalue weighted by molar-refractivity contribution is 0.102. The smallest absolute Gasteiger partial charge is 0.255 e. The highest BCUT2D eigenvalue weighted by Crippen LogP contribution is 2.17. The van der Waals surface area contributed by atoms with Crippen molar-refractivity contribution in [2.75, 3.05) is 18.4 Å². The number of likely N-dealkylation sites (tertiary alicyclic amines) is 1. The van der Waals surface area contributed by atoms with E-state index in [1.54, 1.807) is 11.0 Å². The Morgan fingerprint density at radius 3 is 2.56 bits per heavy atom. The Bertz CT molecular complexity index is 885. The van der Waals surface area contributed by atoms with Crippen LogP contribution in [-0.4, -0.2) is 44.1 Å². The van der Waals surface area contributed by atoms with Crippen molar-refractivity contribution in [2.24, 2.45) is 0 Å². The highest BCUT2D eigenvalue weighted by molar-refractivity contribution is 6.04. The van der Waals surface area contributed by atoms with Gasteiger partial charge in [-0.1, -0.05) is 24.3 Å². The minimum Gasteiger partial charge on any atom is -0.322 e. The van der Waals surface area contributed by atoms with E-state index in [-0.39, 0.29) is 5.91 Å². The summed E-state index contributed by atoms with van der Waals surface area (Å²) in [7, 11) is 0. The average Bonchev–Trinajstić information content (AvgIpc) is 3.37. The molecule has 1 N–H and O–H groups in total. The highest BCUT2D eigenvalue weighted by Gasteiger charge is 2.12. The number of anilines is 1. The second-order valence-corrected chi connectivity index (χ2v) is 6.84. The molecule has 1 aromatic heterocycles. The molecule has 7 heteroatoms. The van der Waals surface area contributed by atoms with Crippen molar-refractivity contribution >= 4 is 11.6 Å². The van der Waals surface area contributed by atoms with Crippen LogP contribution >= 0.6 is 0 Å². The Labute approximate surface area is 158 Å². The highest BCUT2D eigenvalue weighted by atomic mass is 16.1. The zero-order valence-corrected chi connectivity index (χ0v) is 15.1. The maximum absolute atomic E-state index is 12.5. The number of benzene rings is 2. The van der Waals surface area contributed by atoms with Gasteiger partial charge in [0, 0.05) is 17.8 Å². The molecular weight excluding hydrogens is 340 g/mol. The van der Waals surface area contributed by atoms with Crippen molar-refractivity contribution in [3.05, 3.63) is 71.5 Å². The molecule has 7 nitrogen and oxygen atoms in total. The molecule has 27 heavy (non-hydrogen) atoms. The first-order valence-electron chi connectivity index (χ1n) is 9.19. The van der Waals surface area contributed by atoms with Gasteiger partial charge in [-0.2, -0.15) is 0 Å². The summed E-state index contributed by atoms with van der Waals surface area (Å²) in [5.41, 5.74) is 3.72. The number of carbonyl (C=O) groups excluding carboxylic acids is 1. The fourth-order valence-electron chi connectivity index (χ4n) is 3.35. The molecule has 0 radical (unpaired) electrons. The van der Waals surface area contributed by atoms with Gasteiger partial charge in [-0.3, -0.25) is 9.69 Å². The molecule has 1 amide bonds. The van der Waals surface area contributed by atoms with Crippen LogP contribution in [-0.2, 0) is 13.1 Å². The van der Waals surface area contributed by atoms with Gasteiger partial charge in [-0.05, 0) is 71.8 Å². The van der Waals surface area contributed by atoms with E-state index in [0.717, 1.165) is 30.9 Å². The van der Waals surface area contributed by atoms with E-state index in [0.29, 0.717) is 12.1 Å². The van der Waals surface area contributed by atoms with Crippen molar-refractivity contribution in [2.45, 2.75) is 25.9 Å². The van der Waals surface area contributed by atoms with E-state index in [9.17, 15) is 4.79 Å². The van der Waals surface area contributed by atoms with E-state index in [2.05, 4.69) is 37.9 Å². The predicted molar refractivity (Wildman–Crippen MR) is 102 cm³/mol. The number of tetrazole rings is 1. The lowest BCUT2D eigenvalue weighted by Crippen LogP contribution is -2.18. The molecular formula is C20H22N6O. The summed E-state index contributed by atoms with van der Waals surface area (Å²) in [5, 5.41) is 14.1. The first kappa shape index (κ1) is 17.4. The largest absolute Gasteiger partial charge is 0.322 e. The summed E-state index contributed by atoms with van der Waals surface area (Å²) in [6.45, 7) is 3.84. The van der Waals surface area contributed by atoms with Gasteiger partial charge in [0.05, 0.1) is 6.54 Å². The van der Waals surface area contributed by atoms with Gasteiger partial charge in [0.15, 0.2) is 0 Å². The third-order valence-electron chi connectivity index (χ3n) is 4.74. The number of hydrogen-bond donors (Lipinski definition) is 1. The number of carbonyl (C=O) groups is 1. The normalized spacial score (nSPS) is 14.4. The van der Waals surface area contributed by atoms with E-state index < -0.39 is 0 Å². The van der Waals surface area contributed by atoms with Gasteiger partial charge in [0.1, 0.15) is 6.33 Å². The number of hydrogen-bond acceptors (Lipinski definition) is 5. The van der Waals surface area contributed by atoms with Gasteiger partial charge < -0.3 is 5.32 Å². The van der Waals surface area contributed by atoms with Crippen molar-refractivity contribution in [3.8, 4) is 0 Å². The molecule has 0 unspecified atom stereocenters. The lowest BCUT2D eigenvalue weighted by atomic mass is 10.1. The fourth-order valence-corrected chi connectivity index (χ4v) is 3.35. The van der Waals surface area contributed by atoms with Gasteiger partial charge in [0.25, 0.3) is 5.91 Å². The molecule has 2 heterocycles. The van der Waals surface area contributed by atoms with Gasteiger partial charge in [0.2, 0.25) is 0 Å². The van der Waals surface area contributed by atoms with Crippen LogP contribution in [0.5, 0.6) is 0 Å². The lowest BCUT2D eigenvalue weighted by Gasteiger charge is -2.15. The summed E-state index contributed by atoms with van der Waals surface area (Å²) < 4.78 is 1.64. The first-order chi connectivity index (χ1) is 13.3. The third-order valence-corrected chi connectivity index (χ3v) is 4.74. The van der Waals surface area contributed by atoms with Crippen LogP contribution < -0.4 is 5.32 Å². The molecule has 1 saturated heterocycles. The maximum atomic E-state index is 12.5. The first-order valence-corrected chi connectivity index (χ1v) is 9.19. The van der Waals surface area contributed by atoms with E-state index >= 15 is 0 Å². The number of amides is 1. The molecule has 2 aromatic carbocycles. The minimum absolute atomic E-state index is 0.109. The Kier molecular flexibility index (Phi) is 5.20. The SMILES string of the molecule is O=C(Nc1cccc(CN2CCCC2)c1)c1ccc(Cn2cnnn2)cc1. The number of aromatic nitrogens is 4. The van der Waals surface area contributed by atoms with Crippen LogP contribution in [0.2, 0.25) is 0 Å². The second kappa shape index (κ2) is 8.09. The molecule has 1 fully saturated rings. The second-order valence-electron chi connectivity index (χ2n) is 6.84. The molecule has 0 atom stereocenters. The summed E-state index contributed by atoms with van der Waals surface area (Å²) in [6, 6.07) is 15.6. The van der Waals surface area contributed by atoms with Gasteiger partial charge >= 0.3 is 0 Å². The molecule has 0 spiro atoms. The van der Waals surface area contributed by atoms with Gasteiger partial charge in [-0.25, -0.2) is 4.68 Å². The molecule has 1 aliphatic rings. The summed E-state index contributed by atoms with van der Waals surface area (Å²) in [6.07, 6.45) is 4.12. The Balaban J connectivity index is 1.38.